The fraction of sp³-hybridized carbons (Fsp3) is 0.429. The number of benzene rings is 1. The van der Waals surface area contributed by atoms with Gasteiger partial charge in [-0.05, 0) is 18.6 Å². The van der Waals surface area contributed by atoms with Crippen LogP contribution in [0, 0.1) is 0 Å². The molecule has 0 aliphatic carbocycles. The van der Waals surface area contributed by atoms with E-state index in [0.717, 1.165) is 6.42 Å². The van der Waals surface area contributed by atoms with Gasteiger partial charge in [-0.1, -0.05) is 6.92 Å². The summed E-state index contributed by atoms with van der Waals surface area (Å²) in [6.07, 6.45) is 1.15. The molecule has 1 aromatic rings. The normalized spacial score (nSPS) is 9.43. The van der Waals surface area contributed by atoms with E-state index < -0.39 is 0 Å². The second-order valence-electron chi connectivity index (χ2n) is 4.35. The van der Waals surface area contributed by atoms with Crippen LogP contribution in [0.25, 0.3) is 0 Å². The van der Waals surface area contributed by atoms with Crippen LogP contribution >= 0.6 is 12.4 Å². The maximum Gasteiger partial charge on any atom is 0.224 e. The SMILES string of the molecule is CCCNC(=O)CCC(=O)Nc1cc(OC)ccc1N.Cl. The molecule has 21 heavy (non-hydrogen) atoms. The highest BCUT2D eigenvalue weighted by molar-refractivity contribution is 5.95. The van der Waals surface area contributed by atoms with E-state index >= 15 is 0 Å². The van der Waals surface area contributed by atoms with Crippen molar-refractivity contribution in [2.45, 2.75) is 26.2 Å². The van der Waals surface area contributed by atoms with Crippen LogP contribution in [0.15, 0.2) is 18.2 Å². The van der Waals surface area contributed by atoms with Crippen molar-refractivity contribution in [2.75, 3.05) is 24.7 Å². The Morgan fingerprint density at radius 2 is 1.90 bits per heavy atom. The molecule has 118 valence electrons. The third-order valence-electron chi connectivity index (χ3n) is 2.69. The van der Waals surface area contributed by atoms with Gasteiger partial charge in [0.15, 0.2) is 0 Å². The standard InChI is InChI=1S/C14H21N3O3.ClH/c1-3-8-16-13(18)6-7-14(19)17-12-9-10(20-2)4-5-11(12)15;/h4-5,9H,3,6-8,15H2,1-2H3,(H,16,18)(H,17,19);1H. The predicted molar refractivity (Wildman–Crippen MR) is 85.8 cm³/mol. The summed E-state index contributed by atoms with van der Waals surface area (Å²) >= 11 is 0. The lowest BCUT2D eigenvalue weighted by molar-refractivity contribution is -0.124. The summed E-state index contributed by atoms with van der Waals surface area (Å²) in [6, 6.07) is 5.01. The molecule has 0 radical (unpaired) electrons. The molecule has 0 atom stereocenters. The van der Waals surface area contributed by atoms with Crippen LogP contribution in [0.2, 0.25) is 0 Å². The average Bonchev–Trinajstić information content (AvgIpc) is 2.45. The maximum atomic E-state index is 11.8. The fourth-order valence-electron chi connectivity index (χ4n) is 1.56. The smallest absolute Gasteiger partial charge is 0.224 e. The van der Waals surface area contributed by atoms with E-state index in [1.165, 1.54) is 7.11 Å². The molecule has 1 rings (SSSR count). The van der Waals surface area contributed by atoms with E-state index in [2.05, 4.69) is 10.6 Å². The second kappa shape index (κ2) is 9.88. The van der Waals surface area contributed by atoms with Gasteiger partial charge in [0.2, 0.25) is 11.8 Å². The zero-order valence-corrected chi connectivity index (χ0v) is 13.1. The summed E-state index contributed by atoms with van der Waals surface area (Å²) in [5.74, 6) is 0.229. The molecule has 0 aliphatic rings. The number of carbonyl (C=O) groups is 2. The molecule has 0 unspecified atom stereocenters. The minimum Gasteiger partial charge on any atom is -0.497 e. The van der Waals surface area contributed by atoms with Crippen LogP contribution < -0.4 is 21.1 Å². The third kappa shape index (κ3) is 6.85. The molecule has 0 saturated carbocycles. The molecular weight excluding hydrogens is 294 g/mol. The molecule has 0 spiro atoms. The Kier molecular flexibility index (Phi) is 8.96. The Labute approximate surface area is 130 Å². The highest BCUT2D eigenvalue weighted by atomic mass is 35.5. The fourth-order valence-corrected chi connectivity index (χ4v) is 1.56. The molecule has 0 aliphatic heterocycles. The Hall–Kier alpha value is -1.95. The van der Waals surface area contributed by atoms with Crippen LogP contribution in [-0.4, -0.2) is 25.5 Å². The highest BCUT2D eigenvalue weighted by Gasteiger charge is 2.09. The molecule has 6 nitrogen and oxygen atoms in total. The van der Waals surface area contributed by atoms with Crippen LogP contribution in [0.4, 0.5) is 11.4 Å². The number of rotatable bonds is 7. The lowest BCUT2D eigenvalue weighted by Crippen LogP contribution is -2.25. The average molecular weight is 316 g/mol. The molecule has 2 amide bonds. The first-order valence-corrected chi connectivity index (χ1v) is 6.57. The van der Waals surface area contributed by atoms with Crippen molar-refractivity contribution in [3.63, 3.8) is 0 Å². The van der Waals surface area contributed by atoms with Gasteiger partial charge in [-0.2, -0.15) is 0 Å². The molecular formula is C14H22ClN3O3. The number of hydrogen-bond acceptors (Lipinski definition) is 4. The van der Waals surface area contributed by atoms with Crippen molar-refractivity contribution in [3.05, 3.63) is 18.2 Å². The largest absolute Gasteiger partial charge is 0.497 e. The number of amides is 2. The Balaban J connectivity index is 0.00000400. The minimum atomic E-state index is -0.253. The van der Waals surface area contributed by atoms with Gasteiger partial charge in [-0.15, -0.1) is 12.4 Å². The Bertz CT molecular complexity index is 481. The van der Waals surface area contributed by atoms with Crippen molar-refractivity contribution in [1.82, 2.24) is 5.32 Å². The maximum absolute atomic E-state index is 11.8. The van der Waals surface area contributed by atoms with Crippen molar-refractivity contribution in [3.8, 4) is 5.75 Å². The number of nitrogens with one attached hydrogen (secondary N) is 2. The summed E-state index contributed by atoms with van der Waals surface area (Å²) in [5.41, 5.74) is 6.71. The summed E-state index contributed by atoms with van der Waals surface area (Å²) in [4.78, 5) is 23.1. The van der Waals surface area contributed by atoms with Crippen molar-refractivity contribution in [1.29, 1.82) is 0 Å². The van der Waals surface area contributed by atoms with Gasteiger partial charge in [-0.3, -0.25) is 9.59 Å². The monoisotopic (exact) mass is 315 g/mol. The van der Waals surface area contributed by atoms with Crippen molar-refractivity contribution in [2.24, 2.45) is 0 Å². The lowest BCUT2D eigenvalue weighted by Gasteiger charge is -2.10. The number of nitrogen functional groups attached to an aromatic ring is 1. The van der Waals surface area contributed by atoms with Gasteiger partial charge in [-0.25, -0.2) is 0 Å². The first-order chi connectivity index (χ1) is 9.56. The molecule has 0 aromatic heterocycles. The van der Waals surface area contributed by atoms with Crippen LogP contribution in [-0.2, 0) is 9.59 Å². The number of anilines is 2. The number of halogens is 1. The highest BCUT2D eigenvalue weighted by Crippen LogP contribution is 2.24. The second-order valence-corrected chi connectivity index (χ2v) is 4.35. The third-order valence-corrected chi connectivity index (χ3v) is 2.69. The van der Waals surface area contributed by atoms with E-state index in [1.54, 1.807) is 18.2 Å². The first kappa shape index (κ1) is 19.1. The summed E-state index contributed by atoms with van der Waals surface area (Å²) in [5, 5.41) is 5.39. The summed E-state index contributed by atoms with van der Waals surface area (Å²) in [6.45, 7) is 2.60. The zero-order valence-electron chi connectivity index (χ0n) is 12.3. The molecule has 1 aromatic carbocycles. The van der Waals surface area contributed by atoms with Gasteiger partial charge in [0, 0.05) is 25.5 Å². The molecule has 0 saturated heterocycles. The topological polar surface area (TPSA) is 93.5 Å². The number of ether oxygens (including phenoxy) is 1. The van der Waals surface area contributed by atoms with Crippen molar-refractivity contribution < 1.29 is 14.3 Å². The van der Waals surface area contributed by atoms with E-state index in [0.29, 0.717) is 23.7 Å². The van der Waals surface area contributed by atoms with E-state index in [9.17, 15) is 9.59 Å². The van der Waals surface area contributed by atoms with E-state index in [1.807, 2.05) is 6.92 Å². The Morgan fingerprint density at radius 3 is 2.52 bits per heavy atom. The van der Waals surface area contributed by atoms with Gasteiger partial charge >= 0.3 is 0 Å². The first-order valence-electron chi connectivity index (χ1n) is 6.57. The number of methoxy groups -OCH3 is 1. The van der Waals surface area contributed by atoms with Gasteiger partial charge in [0.1, 0.15) is 5.75 Å². The molecule has 0 fully saturated rings. The van der Waals surface area contributed by atoms with Crippen LogP contribution in [0.5, 0.6) is 5.75 Å². The van der Waals surface area contributed by atoms with Gasteiger partial charge in [0.05, 0.1) is 18.5 Å². The Morgan fingerprint density at radius 1 is 1.24 bits per heavy atom. The minimum absolute atomic E-state index is 0. The molecule has 7 heteroatoms. The van der Waals surface area contributed by atoms with E-state index in [-0.39, 0.29) is 37.1 Å². The van der Waals surface area contributed by atoms with Crippen LogP contribution in [0.3, 0.4) is 0 Å². The zero-order chi connectivity index (χ0) is 15.0. The molecule has 0 heterocycles. The molecule has 4 N–H and O–H groups in total. The number of carbonyl (C=O) groups excluding carboxylic acids is 2. The summed E-state index contributed by atoms with van der Waals surface area (Å²) in [7, 11) is 1.54. The number of nitrogens with two attached hydrogens (primary N) is 1. The number of hydrogen-bond donors (Lipinski definition) is 3. The van der Waals surface area contributed by atoms with E-state index in [4.69, 9.17) is 10.5 Å². The quantitative estimate of drug-likeness (QED) is 0.670. The van der Waals surface area contributed by atoms with Crippen LogP contribution in [0.1, 0.15) is 26.2 Å². The lowest BCUT2D eigenvalue weighted by atomic mass is 10.2. The molecule has 0 bridgehead atoms. The van der Waals surface area contributed by atoms with Gasteiger partial charge in [0.25, 0.3) is 0 Å². The van der Waals surface area contributed by atoms with Gasteiger partial charge < -0.3 is 21.1 Å². The van der Waals surface area contributed by atoms with Crippen molar-refractivity contribution >= 4 is 35.6 Å². The summed E-state index contributed by atoms with van der Waals surface area (Å²) < 4.78 is 5.06. The predicted octanol–water partition coefficient (Wildman–Crippen LogP) is 1.94.